The Bertz CT molecular complexity index is 826. The molecule has 0 heterocycles. The van der Waals surface area contributed by atoms with Gasteiger partial charge in [0.1, 0.15) is 6.61 Å². The monoisotopic (exact) mass is 412 g/mol. The Kier molecular flexibility index (Phi) is 6.52. The third-order valence-corrected chi connectivity index (χ3v) is 4.40. The second-order valence-corrected chi connectivity index (χ2v) is 6.58. The zero-order valence-electron chi connectivity index (χ0n) is 14.5. The summed E-state index contributed by atoms with van der Waals surface area (Å²) in [5.74, 6) is 1.41. The van der Waals surface area contributed by atoms with Crippen LogP contribution in [0.4, 0.5) is 5.69 Å². The molecule has 0 aromatic heterocycles. The Morgan fingerprint density at radius 3 is 2.27 bits per heavy atom. The molecule has 3 aromatic carbocycles. The molecule has 0 unspecified atom stereocenters. The molecular weight excluding hydrogens is 392 g/mol. The molecule has 0 aliphatic heterocycles. The van der Waals surface area contributed by atoms with E-state index in [2.05, 4.69) is 26.8 Å². The third-order valence-electron chi connectivity index (χ3n) is 3.81. The average molecular weight is 413 g/mol. The molecule has 2 N–H and O–H groups in total. The van der Waals surface area contributed by atoms with E-state index in [1.165, 1.54) is 0 Å². The molecule has 0 atom stereocenters. The van der Waals surface area contributed by atoms with Crippen LogP contribution < -0.4 is 20.3 Å². The van der Waals surface area contributed by atoms with E-state index in [4.69, 9.17) is 9.47 Å². The Labute approximate surface area is 162 Å². The zero-order chi connectivity index (χ0) is 18.2. The topological polar surface area (TPSA) is 42.5 Å². The highest BCUT2D eigenvalue weighted by Crippen LogP contribution is 2.37. The van der Waals surface area contributed by atoms with Crippen LogP contribution in [0.1, 0.15) is 11.1 Å². The minimum Gasteiger partial charge on any atom is -0.493 e. The first-order valence-electron chi connectivity index (χ1n) is 8.33. The molecule has 0 saturated carbocycles. The van der Waals surface area contributed by atoms with Crippen LogP contribution in [0.15, 0.2) is 77.3 Å². The van der Waals surface area contributed by atoms with Crippen LogP contribution in [0.2, 0.25) is 0 Å². The maximum absolute atomic E-state index is 5.97. The Morgan fingerprint density at radius 1 is 0.885 bits per heavy atom. The van der Waals surface area contributed by atoms with Crippen LogP contribution in [-0.4, -0.2) is 7.11 Å². The summed E-state index contributed by atoms with van der Waals surface area (Å²) in [7, 11) is 1.65. The predicted molar refractivity (Wildman–Crippen MR) is 108 cm³/mol. The van der Waals surface area contributed by atoms with Gasteiger partial charge in [0.05, 0.1) is 11.6 Å². The predicted octanol–water partition coefficient (Wildman–Crippen LogP) is 5.15. The quantitative estimate of drug-likeness (QED) is 0.501. The van der Waals surface area contributed by atoms with Crippen molar-refractivity contribution in [2.45, 2.75) is 13.2 Å². The van der Waals surface area contributed by atoms with Crippen molar-refractivity contribution >= 4 is 21.6 Å². The van der Waals surface area contributed by atoms with Gasteiger partial charge in [-0.1, -0.05) is 48.5 Å². The van der Waals surface area contributed by atoms with E-state index < -0.39 is 0 Å². The van der Waals surface area contributed by atoms with Crippen molar-refractivity contribution in [3.05, 3.63) is 88.4 Å². The number of para-hydroxylation sites is 1. The van der Waals surface area contributed by atoms with E-state index in [0.29, 0.717) is 24.7 Å². The zero-order valence-corrected chi connectivity index (χ0v) is 16.1. The van der Waals surface area contributed by atoms with Crippen molar-refractivity contribution in [1.82, 2.24) is 5.43 Å². The van der Waals surface area contributed by atoms with Crippen molar-refractivity contribution in [2.75, 3.05) is 12.5 Å². The Morgan fingerprint density at radius 2 is 1.58 bits per heavy atom. The second-order valence-electron chi connectivity index (χ2n) is 5.73. The van der Waals surface area contributed by atoms with Gasteiger partial charge >= 0.3 is 0 Å². The van der Waals surface area contributed by atoms with Gasteiger partial charge in [0.25, 0.3) is 0 Å². The largest absolute Gasteiger partial charge is 0.493 e. The van der Waals surface area contributed by atoms with Gasteiger partial charge in [0.2, 0.25) is 0 Å². The summed E-state index contributed by atoms with van der Waals surface area (Å²) in [5.41, 5.74) is 9.58. The molecule has 5 heteroatoms. The van der Waals surface area contributed by atoms with Crippen LogP contribution in [0.5, 0.6) is 11.5 Å². The smallest absolute Gasteiger partial charge is 0.175 e. The van der Waals surface area contributed by atoms with E-state index in [-0.39, 0.29) is 0 Å². The third kappa shape index (κ3) is 5.00. The van der Waals surface area contributed by atoms with Crippen molar-refractivity contribution in [3.8, 4) is 11.5 Å². The summed E-state index contributed by atoms with van der Waals surface area (Å²) in [6.07, 6.45) is 0. The Balaban J connectivity index is 1.64. The first-order valence-corrected chi connectivity index (χ1v) is 9.12. The van der Waals surface area contributed by atoms with Gasteiger partial charge < -0.3 is 14.9 Å². The van der Waals surface area contributed by atoms with E-state index in [1.54, 1.807) is 7.11 Å². The second kappa shape index (κ2) is 9.27. The number of anilines is 1. The maximum atomic E-state index is 5.97. The molecule has 0 bridgehead atoms. The van der Waals surface area contributed by atoms with Gasteiger partial charge in [-0.2, -0.15) is 0 Å². The van der Waals surface area contributed by atoms with E-state index >= 15 is 0 Å². The number of methoxy groups -OCH3 is 1. The normalized spacial score (nSPS) is 10.4. The molecule has 4 nitrogen and oxygen atoms in total. The van der Waals surface area contributed by atoms with Gasteiger partial charge in [0, 0.05) is 12.2 Å². The fraction of sp³-hybridized carbons (Fsp3) is 0.143. The summed E-state index contributed by atoms with van der Waals surface area (Å²) >= 11 is 3.60. The standard InChI is InChI=1S/C21H21BrN2O2/c1-25-20-13-17(14-23-24-18-10-6-3-7-11-18)12-19(22)21(20)26-15-16-8-4-2-5-9-16/h2-13,23-24H,14-15H2,1H3. The molecule has 3 rings (SSSR count). The van der Waals surface area contributed by atoms with Gasteiger partial charge in [0.15, 0.2) is 11.5 Å². The molecule has 0 saturated heterocycles. The van der Waals surface area contributed by atoms with Gasteiger partial charge in [-0.25, -0.2) is 5.43 Å². The molecule has 0 amide bonds. The molecule has 0 aliphatic carbocycles. The molecule has 0 spiro atoms. The van der Waals surface area contributed by atoms with Gasteiger partial charge in [-0.05, 0) is 51.3 Å². The molecule has 0 radical (unpaired) electrons. The molecule has 0 fully saturated rings. The highest BCUT2D eigenvalue weighted by atomic mass is 79.9. The van der Waals surface area contributed by atoms with Crippen molar-refractivity contribution in [3.63, 3.8) is 0 Å². The summed E-state index contributed by atoms with van der Waals surface area (Å²) in [5, 5.41) is 0. The minimum absolute atomic E-state index is 0.489. The number of halogens is 1. The van der Waals surface area contributed by atoms with E-state index in [0.717, 1.165) is 21.3 Å². The number of hydrogen-bond acceptors (Lipinski definition) is 4. The van der Waals surface area contributed by atoms with Crippen LogP contribution in [-0.2, 0) is 13.2 Å². The Hall–Kier alpha value is -2.50. The van der Waals surface area contributed by atoms with Crippen LogP contribution in [0.25, 0.3) is 0 Å². The lowest BCUT2D eigenvalue weighted by Gasteiger charge is -2.15. The number of hydrazine groups is 1. The van der Waals surface area contributed by atoms with E-state index in [9.17, 15) is 0 Å². The minimum atomic E-state index is 0.489. The van der Waals surface area contributed by atoms with Gasteiger partial charge in [-0.3, -0.25) is 0 Å². The molecule has 3 aromatic rings. The van der Waals surface area contributed by atoms with Crippen LogP contribution >= 0.6 is 15.9 Å². The number of ether oxygens (including phenoxy) is 2. The highest BCUT2D eigenvalue weighted by molar-refractivity contribution is 9.10. The lowest BCUT2D eigenvalue weighted by molar-refractivity contribution is 0.282. The summed E-state index contributed by atoms with van der Waals surface area (Å²) < 4.78 is 12.3. The van der Waals surface area contributed by atoms with Crippen LogP contribution in [0.3, 0.4) is 0 Å². The molecule has 134 valence electrons. The molecule has 0 aliphatic rings. The SMILES string of the molecule is COc1cc(CNNc2ccccc2)cc(Br)c1OCc1ccccc1. The fourth-order valence-corrected chi connectivity index (χ4v) is 3.12. The fourth-order valence-electron chi connectivity index (χ4n) is 2.51. The number of hydrogen-bond donors (Lipinski definition) is 2. The van der Waals surface area contributed by atoms with E-state index in [1.807, 2.05) is 72.8 Å². The highest BCUT2D eigenvalue weighted by Gasteiger charge is 2.12. The van der Waals surface area contributed by atoms with Crippen molar-refractivity contribution in [2.24, 2.45) is 0 Å². The molecular formula is C21H21BrN2O2. The summed E-state index contributed by atoms with van der Waals surface area (Å²) in [6.45, 7) is 1.13. The number of benzene rings is 3. The lowest BCUT2D eigenvalue weighted by Crippen LogP contribution is -2.20. The lowest BCUT2D eigenvalue weighted by atomic mass is 10.2. The van der Waals surface area contributed by atoms with Crippen LogP contribution in [0, 0.1) is 0 Å². The average Bonchev–Trinajstić information content (AvgIpc) is 2.68. The summed E-state index contributed by atoms with van der Waals surface area (Å²) in [4.78, 5) is 0. The van der Waals surface area contributed by atoms with Gasteiger partial charge in [-0.15, -0.1) is 0 Å². The maximum Gasteiger partial charge on any atom is 0.175 e. The number of rotatable bonds is 8. The van der Waals surface area contributed by atoms with Crippen molar-refractivity contribution < 1.29 is 9.47 Å². The van der Waals surface area contributed by atoms with Crippen molar-refractivity contribution in [1.29, 1.82) is 0 Å². The summed E-state index contributed by atoms with van der Waals surface area (Å²) in [6, 6.07) is 24.0. The number of nitrogens with one attached hydrogen (secondary N) is 2. The molecule has 26 heavy (non-hydrogen) atoms. The first-order chi connectivity index (χ1) is 12.8. The first kappa shape index (κ1) is 18.3.